The van der Waals surface area contributed by atoms with Gasteiger partial charge in [-0.2, -0.15) is 0 Å². The van der Waals surface area contributed by atoms with E-state index in [2.05, 4.69) is 19.2 Å². The zero-order valence-electron chi connectivity index (χ0n) is 12.2. The molecule has 20 heavy (non-hydrogen) atoms. The minimum Gasteiger partial charge on any atom is -0.314 e. The molecule has 1 aromatic carbocycles. The van der Waals surface area contributed by atoms with Crippen LogP contribution in [0.25, 0.3) is 0 Å². The topological polar surface area (TPSA) is 46.2 Å². The maximum absolute atomic E-state index is 13.9. The average molecular weight is 299 g/mol. The first kappa shape index (κ1) is 15.4. The Hall–Kier alpha value is -0.940. The number of halogens is 1. The molecular weight excluding hydrogens is 277 g/mol. The van der Waals surface area contributed by atoms with Crippen LogP contribution in [0, 0.1) is 11.7 Å². The molecule has 1 aliphatic rings. The number of hydrogen-bond acceptors (Lipinski definition) is 3. The van der Waals surface area contributed by atoms with Crippen LogP contribution < -0.4 is 5.32 Å². The predicted molar refractivity (Wildman–Crippen MR) is 78.1 cm³/mol. The summed E-state index contributed by atoms with van der Waals surface area (Å²) in [6.07, 6.45) is 3.12. The highest BCUT2D eigenvalue weighted by molar-refractivity contribution is 7.90. The predicted octanol–water partition coefficient (Wildman–Crippen LogP) is 2.72. The van der Waals surface area contributed by atoms with Crippen LogP contribution in [-0.4, -0.2) is 27.3 Å². The monoisotopic (exact) mass is 299 g/mol. The minimum absolute atomic E-state index is 0.214. The second-order valence-corrected chi connectivity index (χ2v) is 7.71. The van der Waals surface area contributed by atoms with E-state index in [0.29, 0.717) is 17.9 Å². The summed E-state index contributed by atoms with van der Waals surface area (Å²) >= 11 is 0. The summed E-state index contributed by atoms with van der Waals surface area (Å²) < 4.78 is 36.7. The van der Waals surface area contributed by atoms with Gasteiger partial charge in [0.2, 0.25) is 0 Å². The van der Waals surface area contributed by atoms with E-state index < -0.39 is 15.7 Å². The largest absolute Gasteiger partial charge is 0.314 e. The molecule has 2 rings (SSSR count). The van der Waals surface area contributed by atoms with Crippen molar-refractivity contribution < 1.29 is 12.8 Å². The summed E-state index contributed by atoms with van der Waals surface area (Å²) in [5.74, 6) is 0.125. The molecule has 1 aliphatic carbocycles. The van der Waals surface area contributed by atoms with E-state index in [1.54, 1.807) is 6.07 Å². The van der Waals surface area contributed by atoms with Gasteiger partial charge in [0.1, 0.15) is 10.7 Å². The molecule has 3 nitrogen and oxygen atoms in total. The van der Waals surface area contributed by atoms with Gasteiger partial charge in [0.15, 0.2) is 9.84 Å². The highest BCUT2D eigenvalue weighted by Crippen LogP contribution is 2.42. The van der Waals surface area contributed by atoms with E-state index in [4.69, 9.17) is 0 Å². The third kappa shape index (κ3) is 3.04. The van der Waals surface area contributed by atoms with Crippen molar-refractivity contribution in [3.05, 3.63) is 29.6 Å². The zero-order chi connectivity index (χ0) is 14.9. The molecule has 112 valence electrons. The number of hydrogen-bond donors (Lipinski definition) is 1. The Morgan fingerprint density at radius 3 is 2.60 bits per heavy atom. The van der Waals surface area contributed by atoms with Gasteiger partial charge < -0.3 is 5.32 Å². The fourth-order valence-electron chi connectivity index (χ4n) is 2.87. The third-order valence-electron chi connectivity index (χ3n) is 4.22. The van der Waals surface area contributed by atoms with Gasteiger partial charge in [-0.1, -0.05) is 19.9 Å². The SMILES string of the molecule is CCCNC1CC(c2ccc(S(C)(=O)=O)c(F)c2)C1C. The number of benzene rings is 1. The van der Waals surface area contributed by atoms with Crippen molar-refractivity contribution >= 4 is 9.84 Å². The molecule has 0 bridgehead atoms. The number of rotatable bonds is 5. The lowest BCUT2D eigenvalue weighted by Gasteiger charge is -2.44. The Kier molecular flexibility index (Phi) is 4.49. The maximum Gasteiger partial charge on any atom is 0.178 e. The van der Waals surface area contributed by atoms with Crippen LogP contribution in [-0.2, 0) is 9.84 Å². The minimum atomic E-state index is -3.49. The van der Waals surface area contributed by atoms with Crippen LogP contribution in [0.5, 0.6) is 0 Å². The van der Waals surface area contributed by atoms with E-state index in [1.807, 2.05) is 0 Å². The third-order valence-corrected chi connectivity index (χ3v) is 5.35. The molecule has 0 saturated heterocycles. The summed E-state index contributed by atoms with van der Waals surface area (Å²) in [6, 6.07) is 5.00. The molecule has 0 amide bonds. The molecule has 0 heterocycles. The van der Waals surface area contributed by atoms with Gasteiger partial charge in [0.05, 0.1) is 0 Å². The summed E-state index contributed by atoms with van der Waals surface area (Å²) in [4.78, 5) is -0.214. The van der Waals surface area contributed by atoms with Crippen molar-refractivity contribution in [2.45, 2.75) is 43.5 Å². The van der Waals surface area contributed by atoms with Gasteiger partial charge in [-0.05, 0) is 48.9 Å². The first-order valence-corrected chi connectivity index (χ1v) is 8.96. The molecule has 0 radical (unpaired) electrons. The first-order chi connectivity index (χ1) is 9.34. The van der Waals surface area contributed by atoms with E-state index in [9.17, 15) is 12.8 Å². The molecule has 1 aromatic rings. The molecule has 1 N–H and O–H groups in total. The van der Waals surface area contributed by atoms with Crippen LogP contribution >= 0.6 is 0 Å². The standard InChI is InChI=1S/C15H22FNO2S/c1-4-7-17-14-9-12(10(14)2)11-5-6-15(13(16)8-11)20(3,18)19/h5-6,8,10,12,14,17H,4,7,9H2,1-3H3. The summed E-state index contributed by atoms with van der Waals surface area (Å²) in [7, 11) is -3.49. The lowest BCUT2D eigenvalue weighted by atomic mass is 9.67. The second kappa shape index (κ2) is 5.82. The highest BCUT2D eigenvalue weighted by Gasteiger charge is 2.38. The van der Waals surface area contributed by atoms with Crippen molar-refractivity contribution in [3.8, 4) is 0 Å². The summed E-state index contributed by atoms with van der Waals surface area (Å²) in [5.41, 5.74) is 0.900. The molecule has 1 fully saturated rings. The Labute approximate surface area is 120 Å². The quantitative estimate of drug-likeness (QED) is 0.909. The van der Waals surface area contributed by atoms with Crippen LogP contribution in [0.2, 0.25) is 0 Å². The number of sulfone groups is 1. The summed E-state index contributed by atoms with van der Waals surface area (Å²) in [6.45, 7) is 5.29. The van der Waals surface area contributed by atoms with Crippen molar-refractivity contribution in [2.24, 2.45) is 5.92 Å². The molecule has 0 spiro atoms. The smallest absolute Gasteiger partial charge is 0.178 e. The van der Waals surface area contributed by atoms with Crippen molar-refractivity contribution in [2.75, 3.05) is 12.8 Å². The first-order valence-electron chi connectivity index (χ1n) is 7.07. The van der Waals surface area contributed by atoms with Crippen LogP contribution in [0.3, 0.4) is 0 Å². The Morgan fingerprint density at radius 1 is 1.40 bits per heavy atom. The van der Waals surface area contributed by atoms with Crippen LogP contribution in [0.4, 0.5) is 4.39 Å². The number of nitrogens with one attached hydrogen (secondary N) is 1. The molecule has 5 heteroatoms. The van der Waals surface area contributed by atoms with Crippen LogP contribution in [0.1, 0.15) is 38.2 Å². The van der Waals surface area contributed by atoms with Gasteiger partial charge in [-0.3, -0.25) is 0 Å². The molecule has 3 atom stereocenters. The molecule has 0 aromatic heterocycles. The maximum atomic E-state index is 13.9. The van der Waals surface area contributed by atoms with Gasteiger partial charge in [0, 0.05) is 12.3 Å². The molecule has 0 aliphatic heterocycles. The van der Waals surface area contributed by atoms with Crippen molar-refractivity contribution in [1.82, 2.24) is 5.32 Å². The van der Waals surface area contributed by atoms with Crippen molar-refractivity contribution in [1.29, 1.82) is 0 Å². The fraction of sp³-hybridized carbons (Fsp3) is 0.600. The van der Waals surface area contributed by atoms with E-state index in [-0.39, 0.29) is 4.90 Å². The normalized spacial score (nSPS) is 26.3. The van der Waals surface area contributed by atoms with E-state index >= 15 is 0 Å². The molecule has 1 saturated carbocycles. The average Bonchev–Trinajstić information content (AvgIpc) is 2.35. The van der Waals surface area contributed by atoms with E-state index in [0.717, 1.165) is 31.2 Å². The Morgan fingerprint density at radius 2 is 2.10 bits per heavy atom. The van der Waals surface area contributed by atoms with E-state index in [1.165, 1.54) is 12.1 Å². The van der Waals surface area contributed by atoms with Gasteiger partial charge >= 0.3 is 0 Å². The molecular formula is C15H22FNO2S. The summed E-state index contributed by atoms with van der Waals surface area (Å²) in [5, 5.41) is 3.48. The lowest BCUT2D eigenvalue weighted by molar-refractivity contribution is 0.184. The van der Waals surface area contributed by atoms with Gasteiger partial charge in [0.25, 0.3) is 0 Å². The molecule has 3 unspecified atom stereocenters. The Balaban J connectivity index is 2.11. The fourth-order valence-corrected chi connectivity index (χ4v) is 3.60. The van der Waals surface area contributed by atoms with Gasteiger partial charge in [-0.25, -0.2) is 12.8 Å². The highest BCUT2D eigenvalue weighted by atomic mass is 32.2. The zero-order valence-corrected chi connectivity index (χ0v) is 13.0. The van der Waals surface area contributed by atoms with Crippen LogP contribution in [0.15, 0.2) is 23.1 Å². The Bertz CT molecular complexity index is 586. The van der Waals surface area contributed by atoms with Gasteiger partial charge in [-0.15, -0.1) is 0 Å². The lowest BCUT2D eigenvalue weighted by Crippen LogP contribution is -2.48. The second-order valence-electron chi connectivity index (χ2n) is 5.72. The van der Waals surface area contributed by atoms with Crippen molar-refractivity contribution in [3.63, 3.8) is 0 Å².